The van der Waals surface area contributed by atoms with E-state index in [9.17, 15) is 0 Å². The summed E-state index contributed by atoms with van der Waals surface area (Å²) in [7, 11) is 0. The van der Waals surface area contributed by atoms with Crippen LogP contribution in [0.3, 0.4) is 0 Å². The predicted molar refractivity (Wildman–Crippen MR) is 71.4 cm³/mol. The molecule has 0 spiro atoms. The van der Waals surface area contributed by atoms with Gasteiger partial charge in [0.1, 0.15) is 0 Å². The van der Waals surface area contributed by atoms with Gasteiger partial charge in [0, 0.05) is 0 Å². The maximum absolute atomic E-state index is 5.66. The molecule has 0 heterocycles. The number of nitrogens with two attached hydrogens (primary N) is 1. The third-order valence-corrected chi connectivity index (χ3v) is 3.02. The maximum atomic E-state index is 5.66. The van der Waals surface area contributed by atoms with Gasteiger partial charge in [-0.15, -0.1) is 0 Å². The molecule has 0 aromatic heterocycles. The lowest BCUT2D eigenvalue weighted by Crippen LogP contribution is -2.28. The zero-order chi connectivity index (χ0) is 12.1. The van der Waals surface area contributed by atoms with Gasteiger partial charge in [-0.3, -0.25) is 5.84 Å². The number of benzene rings is 2. The zero-order valence-electron chi connectivity index (χ0n) is 10.1. The Morgan fingerprint density at radius 1 is 0.941 bits per heavy atom. The highest BCUT2D eigenvalue weighted by molar-refractivity contribution is 5.33. The highest BCUT2D eigenvalue weighted by Crippen LogP contribution is 2.21. The third kappa shape index (κ3) is 2.73. The average Bonchev–Trinajstić information content (AvgIpc) is 2.42. The van der Waals surface area contributed by atoms with Gasteiger partial charge in [0.05, 0.1) is 6.04 Å². The van der Waals surface area contributed by atoms with Crippen LogP contribution in [0, 0.1) is 0 Å². The van der Waals surface area contributed by atoms with Crippen molar-refractivity contribution in [1.82, 2.24) is 5.43 Å². The Bertz CT molecular complexity index is 448. The Hall–Kier alpha value is -1.64. The van der Waals surface area contributed by atoms with E-state index in [1.165, 1.54) is 16.7 Å². The molecule has 88 valence electrons. The van der Waals surface area contributed by atoms with Crippen molar-refractivity contribution in [3.05, 3.63) is 71.3 Å². The quantitative estimate of drug-likeness (QED) is 0.621. The lowest BCUT2D eigenvalue weighted by molar-refractivity contribution is 0.637. The molecular formula is C15H18N2. The van der Waals surface area contributed by atoms with Crippen LogP contribution >= 0.6 is 0 Å². The van der Waals surface area contributed by atoms with E-state index < -0.39 is 0 Å². The molecule has 3 N–H and O–H groups in total. The second-order valence-corrected chi connectivity index (χ2v) is 4.11. The molecule has 17 heavy (non-hydrogen) atoms. The molecule has 0 saturated heterocycles. The minimum atomic E-state index is 0.0575. The van der Waals surface area contributed by atoms with Gasteiger partial charge in [-0.1, -0.05) is 61.5 Å². The molecule has 0 unspecified atom stereocenters. The smallest absolute Gasteiger partial charge is 0.0710 e. The number of hydrazine groups is 1. The molecule has 0 aliphatic heterocycles. The molecule has 0 radical (unpaired) electrons. The third-order valence-electron chi connectivity index (χ3n) is 3.02. The summed E-state index contributed by atoms with van der Waals surface area (Å²) in [6, 6.07) is 18.9. The molecule has 2 rings (SSSR count). The highest BCUT2D eigenvalue weighted by atomic mass is 15.2. The van der Waals surface area contributed by atoms with E-state index in [1.807, 2.05) is 18.2 Å². The van der Waals surface area contributed by atoms with Crippen LogP contribution in [0.25, 0.3) is 0 Å². The van der Waals surface area contributed by atoms with Crippen molar-refractivity contribution in [2.75, 3.05) is 0 Å². The fourth-order valence-electron chi connectivity index (χ4n) is 1.98. The van der Waals surface area contributed by atoms with E-state index >= 15 is 0 Å². The molecule has 0 amide bonds. The van der Waals surface area contributed by atoms with E-state index in [1.54, 1.807) is 0 Å². The first kappa shape index (κ1) is 11.8. The molecule has 0 aliphatic carbocycles. The Kier molecular flexibility index (Phi) is 3.91. The summed E-state index contributed by atoms with van der Waals surface area (Å²) in [6.07, 6.45) is 1.06. The molecule has 1 atom stereocenters. The van der Waals surface area contributed by atoms with Crippen molar-refractivity contribution in [2.45, 2.75) is 19.4 Å². The monoisotopic (exact) mass is 226 g/mol. The van der Waals surface area contributed by atoms with Gasteiger partial charge in [-0.2, -0.15) is 0 Å². The normalized spacial score (nSPS) is 12.4. The standard InChI is InChI=1S/C15H18N2/c1-2-12-8-10-14(11-9-12)15(17-16)13-6-4-3-5-7-13/h3-11,15,17H,2,16H2,1H3/t15-/m1/s1. The van der Waals surface area contributed by atoms with Crippen LogP contribution < -0.4 is 11.3 Å². The number of hydrogen-bond acceptors (Lipinski definition) is 2. The lowest BCUT2D eigenvalue weighted by Gasteiger charge is -2.17. The Labute approximate surface area is 102 Å². The Morgan fingerprint density at radius 3 is 2.06 bits per heavy atom. The molecular weight excluding hydrogens is 208 g/mol. The Balaban J connectivity index is 2.29. The van der Waals surface area contributed by atoms with Crippen molar-refractivity contribution >= 4 is 0 Å². The fraction of sp³-hybridized carbons (Fsp3) is 0.200. The van der Waals surface area contributed by atoms with Gasteiger partial charge in [0.25, 0.3) is 0 Å². The first-order valence-electron chi connectivity index (χ1n) is 5.95. The average molecular weight is 226 g/mol. The summed E-state index contributed by atoms with van der Waals surface area (Å²) in [4.78, 5) is 0. The molecule has 2 aromatic carbocycles. The molecule has 2 heteroatoms. The van der Waals surface area contributed by atoms with Gasteiger partial charge < -0.3 is 0 Å². The van der Waals surface area contributed by atoms with E-state index in [4.69, 9.17) is 5.84 Å². The van der Waals surface area contributed by atoms with Gasteiger partial charge in [-0.25, -0.2) is 5.43 Å². The maximum Gasteiger partial charge on any atom is 0.0710 e. The van der Waals surface area contributed by atoms with E-state index in [-0.39, 0.29) is 6.04 Å². The van der Waals surface area contributed by atoms with E-state index in [0.717, 1.165) is 6.42 Å². The minimum Gasteiger partial charge on any atom is -0.271 e. The van der Waals surface area contributed by atoms with E-state index in [2.05, 4.69) is 48.7 Å². The van der Waals surface area contributed by atoms with E-state index in [0.29, 0.717) is 0 Å². The van der Waals surface area contributed by atoms with Crippen molar-refractivity contribution in [1.29, 1.82) is 0 Å². The number of aryl methyl sites for hydroxylation is 1. The SMILES string of the molecule is CCc1ccc([C@H](NN)c2ccccc2)cc1. The number of rotatable bonds is 4. The van der Waals surface area contributed by atoms with Crippen LogP contribution in [-0.4, -0.2) is 0 Å². The largest absolute Gasteiger partial charge is 0.271 e. The predicted octanol–water partition coefficient (Wildman–Crippen LogP) is 2.80. The van der Waals surface area contributed by atoms with Crippen LogP contribution in [0.2, 0.25) is 0 Å². The topological polar surface area (TPSA) is 38.0 Å². The zero-order valence-corrected chi connectivity index (χ0v) is 10.1. The fourth-order valence-corrected chi connectivity index (χ4v) is 1.98. The summed E-state index contributed by atoms with van der Waals surface area (Å²) in [5.41, 5.74) is 6.59. The first-order chi connectivity index (χ1) is 8.35. The van der Waals surface area contributed by atoms with Crippen LogP contribution in [0.1, 0.15) is 29.7 Å². The van der Waals surface area contributed by atoms with Gasteiger partial charge in [-0.05, 0) is 23.1 Å². The van der Waals surface area contributed by atoms with Gasteiger partial charge in [0.2, 0.25) is 0 Å². The van der Waals surface area contributed by atoms with Crippen LogP contribution in [-0.2, 0) is 6.42 Å². The van der Waals surface area contributed by atoms with Crippen molar-refractivity contribution < 1.29 is 0 Å². The second kappa shape index (κ2) is 5.62. The van der Waals surface area contributed by atoms with Crippen molar-refractivity contribution in [2.24, 2.45) is 5.84 Å². The lowest BCUT2D eigenvalue weighted by atomic mass is 9.98. The second-order valence-electron chi connectivity index (χ2n) is 4.11. The summed E-state index contributed by atoms with van der Waals surface area (Å²) in [5, 5.41) is 0. The van der Waals surface area contributed by atoms with Crippen molar-refractivity contribution in [3.63, 3.8) is 0 Å². The van der Waals surface area contributed by atoms with Gasteiger partial charge >= 0.3 is 0 Å². The summed E-state index contributed by atoms with van der Waals surface area (Å²) in [5.74, 6) is 5.66. The molecule has 0 saturated carbocycles. The summed E-state index contributed by atoms with van der Waals surface area (Å²) < 4.78 is 0. The molecule has 0 fully saturated rings. The minimum absolute atomic E-state index is 0.0575. The first-order valence-corrected chi connectivity index (χ1v) is 5.95. The number of hydrogen-bond donors (Lipinski definition) is 2. The summed E-state index contributed by atoms with van der Waals surface area (Å²) in [6.45, 7) is 2.16. The van der Waals surface area contributed by atoms with Crippen LogP contribution in [0.15, 0.2) is 54.6 Å². The Morgan fingerprint density at radius 2 is 1.53 bits per heavy atom. The molecule has 0 aliphatic rings. The van der Waals surface area contributed by atoms with Crippen LogP contribution in [0.5, 0.6) is 0 Å². The van der Waals surface area contributed by atoms with Gasteiger partial charge in [0.15, 0.2) is 0 Å². The van der Waals surface area contributed by atoms with Crippen LogP contribution in [0.4, 0.5) is 0 Å². The highest BCUT2D eigenvalue weighted by Gasteiger charge is 2.11. The molecule has 0 bridgehead atoms. The van der Waals surface area contributed by atoms with Crippen molar-refractivity contribution in [3.8, 4) is 0 Å². The summed E-state index contributed by atoms with van der Waals surface area (Å²) >= 11 is 0. The number of nitrogens with one attached hydrogen (secondary N) is 1. The molecule has 2 aromatic rings. The molecule has 2 nitrogen and oxygen atoms in total.